The number of aromatic amines is 1. The van der Waals surface area contributed by atoms with Gasteiger partial charge >= 0.3 is 0 Å². The minimum absolute atomic E-state index is 0.565. The van der Waals surface area contributed by atoms with E-state index in [0.717, 1.165) is 28.5 Å². The standard InChI is InChI=1S/C19H18N2O.C4H9N.C3H6/c1-14-13-20-21-19(14)15(2)22-18-10-8-17(9-11-18)12-16-6-4-3-5-7-16;5-4-2-1-3-4;1-3-2/h3-11,13,21H,1,12H2,2H3;4H,1-3,5H2;3H,1H2,2H3/b19-15-;;. The number of hydrogen-bond acceptors (Lipinski definition) is 3. The zero-order chi connectivity index (χ0) is 21.8. The number of hydrogen-bond donors (Lipinski definition) is 2. The first-order valence-electron chi connectivity index (χ1n) is 10.4. The summed E-state index contributed by atoms with van der Waals surface area (Å²) < 4.78 is 5.85. The summed E-state index contributed by atoms with van der Waals surface area (Å²) in [5, 5.41) is 8.51. The van der Waals surface area contributed by atoms with Crippen molar-refractivity contribution in [3.8, 4) is 5.75 Å². The highest BCUT2D eigenvalue weighted by Crippen LogP contribution is 2.17. The van der Waals surface area contributed by atoms with E-state index in [1.165, 1.54) is 30.4 Å². The molecule has 1 aliphatic carbocycles. The van der Waals surface area contributed by atoms with Crippen molar-refractivity contribution in [2.45, 2.75) is 45.6 Å². The van der Waals surface area contributed by atoms with Crippen LogP contribution in [0.1, 0.15) is 44.2 Å². The Morgan fingerprint density at radius 2 is 1.70 bits per heavy atom. The Morgan fingerprint density at radius 3 is 2.17 bits per heavy atom. The van der Waals surface area contributed by atoms with Crippen LogP contribution >= 0.6 is 0 Å². The topological polar surface area (TPSA) is 63.9 Å². The minimum atomic E-state index is 0.565. The second-order valence-electron chi connectivity index (χ2n) is 7.33. The molecule has 3 N–H and O–H groups in total. The third-order valence-corrected chi connectivity index (χ3v) is 4.67. The van der Waals surface area contributed by atoms with Gasteiger partial charge in [-0.15, -0.1) is 6.58 Å². The van der Waals surface area contributed by atoms with Crippen molar-refractivity contribution in [2.24, 2.45) is 5.73 Å². The SMILES string of the molecule is C=CC.C=c1cn[nH]/c1=C(/C)Oc1ccc(Cc2ccccc2)cc1.NC1CCC1. The Morgan fingerprint density at radius 1 is 1.13 bits per heavy atom. The van der Waals surface area contributed by atoms with Gasteiger partial charge in [-0.05, 0) is 56.4 Å². The van der Waals surface area contributed by atoms with Crippen LogP contribution < -0.4 is 21.0 Å². The molecular weight excluding hydrogens is 370 g/mol. The minimum Gasteiger partial charge on any atom is -0.460 e. The number of allylic oxidation sites excluding steroid dienone is 1. The van der Waals surface area contributed by atoms with E-state index >= 15 is 0 Å². The lowest BCUT2D eigenvalue weighted by Crippen LogP contribution is -2.27. The van der Waals surface area contributed by atoms with Crippen molar-refractivity contribution in [1.29, 1.82) is 0 Å². The van der Waals surface area contributed by atoms with Crippen LogP contribution in [-0.2, 0) is 6.42 Å². The van der Waals surface area contributed by atoms with Crippen molar-refractivity contribution in [1.82, 2.24) is 10.2 Å². The average Bonchev–Trinajstić information content (AvgIpc) is 3.16. The lowest BCUT2D eigenvalue weighted by atomic mass is 9.95. The van der Waals surface area contributed by atoms with Crippen LogP contribution in [-0.4, -0.2) is 16.2 Å². The summed E-state index contributed by atoms with van der Waals surface area (Å²) in [6.07, 6.45) is 8.25. The second-order valence-corrected chi connectivity index (χ2v) is 7.33. The largest absolute Gasteiger partial charge is 0.460 e. The average molecular weight is 404 g/mol. The number of rotatable bonds is 4. The molecule has 3 aromatic rings. The predicted octanol–water partition coefficient (Wildman–Crippen LogP) is 4.31. The van der Waals surface area contributed by atoms with E-state index < -0.39 is 0 Å². The van der Waals surface area contributed by atoms with Crippen LogP contribution in [0.3, 0.4) is 0 Å². The van der Waals surface area contributed by atoms with Gasteiger partial charge in [0.1, 0.15) is 16.9 Å². The molecule has 0 atom stereocenters. The first-order chi connectivity index (χ1) is 14.5. The van der Waals surface area contributed by atoms with Crippen LogP contribution in [0.4, 0.5) is 0 Å². The molecule has 1 heterocycles. The van der Waals surface area contributed by atoms with Crippen molar-refractivity contribution >= 4 is 12.3 Å². The van der Waals surface area contributed by atoms with Gasteiger partial charge < -0.3 is 10.5 Å². The molecule has 158 valence electrons. The van der Waals surface area contributed by atoms with Crippen LogP contribution in [0, 0.1) is 0 Å². The van der Waals surface area contributed by atoms with Gasteiger partial charge in [0.15, 0.2) is 0 Å². The summed E-state index contributed by atoms with van der Waals surface area (Å²) in [7, 11) is 0. The van der Waals surface area contributed by atoms with E-state index in [-0.39, 0.29) is 0 Å². The molecule has 0 radical (unpaired) electrons. The number of ether oxygens (including phenoxy) is 1. The van der Waals surface area contributed by atoms with Gasteiger partial charge in [-0.3, -0.25) is 5.10 Å². The van der Waals surface area contributed by atoms with Crippen molar-refractivity contribution in [3.05, 3.63) is 95.1 Å². The smallest absolute Gasteiger partial charge is 0.127 e. The number of nitrogens with one attached hydrogen (secondary N) is 1. The Hall–Kier alpha value is -3.11. The summed E-state index contributed by atoms with van der Waals surface area (Å²) in [5.41, 5.74) is 7.94. The molecule has 2 aromatic carbocycles. The maximum atomic E-state index is 5.85. The zero-order valence-corrected chi connectivity index (χ0v) is 18.1. The fourth-order valence-electron chi connectivity index (χ4n) is 2.79. The molecule has 0 spiro atoms. The molecule has 30 heavy (non-hydrogen) atoms. The first kappa shape index (κ1) is 23.2. The number of H-pyrrole nitrogens is 1. The molecule has 1 aliphatic rings. The summed E-state index contributed by atoms with van der Waals surface area (Å²) in [6.45, 7) is 11.1. The molecule has 4 rings (SSSR count). The third kappa shape index (κ3) is 7.72. The second kappa shape index (κ2) is 12.5. The van der Waals surface area contributed by atoms with Gasteiger partial charge in [-0.25, -0.2) is 0 Å². The highest BCUT2D eigenvalue weighted by molar-refractivity contribution is 5.40. The number of aromatic nitrogens is 2. The molecule has 0 saturated heterocycles. The Bertz CT molecular complexity index is 987. The fourth-order valence-corrected chi connectivity index (χ4v) is 2.79. The summed E-state index contributed by atoms with van der Waals surface area (Å²) in [5.74, 6) is 1.57. The molecule has 0 amide bonds. The van der Waals surface area contributed by atoms with Gasteiger partial charge in [0.2, 0.25) is 0 Å². The van der Waals surface area contributed by atoms with E-state index in [2.05, 4.69) is 59.8 Å². The number of benzene rings is 2. The Kier molecular flexibility index (Phi) is 9.62. The Labute approximate surface area is 179 Å². The quantitative estimate of drug-likeness (QED) is 0.638. The molecule has 0 unspecified atom stereocenters. The zero-order valence-electron chi connectivity index (χ0n) is 18.1. The highest BCUT2D eigenvalue weighted by Gasteiger charge is 2.09. The van der Waals surface area contributed by atoms with E-state index in [1.54, 1.807) is 12.3 Å². The monoisotopic (exact) mass is 403 g/mol. The predicted molar refractivity (Wildman–Crippen MR) is 126 cm³/mol. The maximum Gasteiger partial charge on any atom is 0.127 e. The van der Waals surface area contributed by atoms with Crippen molar-refractivity contribution in [3.63, 3.8) is 0 Å². The molecule has 1 saturated carbocycles. The van der Waals surface area contributed by atoms with Gasteiger partial charge in [0.05, 0.1) is 6.20 Å². The van der Waals surface area contributed by atoms with Gasteiger partial charge in [0, 0.05) is 11.3 Å². The fraction of sp³-hybridized carbons (Fsp3) is 0.269. The van der Waals surface area contributed by atoms with Gasteiger partial charge in [-0.2, -0.15) is 5.10 Å². The highest BCUT2D eigenvalue weighted by atomic mass is 16.5. The maximum absolute atomic E-state index is 5.85. The molecule has 4 heteroatoms. The van der Waals surface area contributed by atoms with Crippen molar-refractivity contribution < 1.29 is 4.74 Å². The molecule has 0 aliphatic heterocycles. The van der Waals surface area contributed by atoms with Gasteiger partial charge in [-0.1, -0.05) is 61.5 Å². The summed E-state index contributed by atoms with van der Waals surface area (Å²) >= 11 is 0. The van der Waals surface area contributed by atoms with E-state index in [0.29, 0.717) is 6.04 Å². The molecule has 1 aromatic heterocycles. The van der Waals surface area contributed by atoms with Crippen molar-refractivity contribution in [2.75, 3.05) is 0 Å². The summed E-state index contributed by atoms with van der Waals surface area (Å²) in [6, 6.07) is 19.1. The van der Waals surface area contributed by atoms with E-state index in [4.69, 9.17) is 10.5 Å². The number of nitrogens with two attached hydrogens (primary N) is 1. The van der Waals surface area contributed by atoms with E-state index in [1.807, 2.05) is 32.0 Å². The van der Waals surface area contributed by atoms with Crippen LogP contribution in [0.15, 0.2) is 73.4 Å². The molecular formula is C26H33N3O. The first-order valence-corrected chi connectivity index (χ1v) is 10.4. The molecule has 4 nitrogen and oxygen atoms in total. The van der Waals surface area contributed by atoms with Crippen LogP contribution in [0.2, 0.25) is 0 Å². The third-order valence-electron chi connectivity index (χ3n) is 4.67. The normalized spacial score (nSPS) is 13.6. The van der Waals surface area contributed by atoms with Gasteiger partial charge in [0.25, 0.3) is 0 Å². The van der Waals surface area contributed by atoms with Crippen LogP contribution in [0.5, 0.6) is 5.75 Å². The lowest BCUT2D eigenvalue weighted by Gasteiger charge is -2.18. The number of nitrogens with zero attached hydrogens (tertiary/aromatic N) is 1. The van der Waals surface area contributed by atoms with E-state index in [9.17, 15) is 0 Å². The summed E-state index contributed by atoms with van der Waals surface area (Å²) in [4.78, 5) is 0. The molecule has 1 fully saturated rings. The Balaban J connectivity index is 0.000000338. The molecule has 0 bridgehead atoms. The van der Waals surface area contributed by atoms with Crippen LogP contribution in [0.25, 0.3) is 12.3 Å². The lowest BCUT2D eigenvalue weighted by molar-refractivity contribution is 0.418.